The highest BCUT2D eigenvalue weighted by molar-refractivity contribution is 5.20. The van der Waals surface area contributed by atoms with Crippen LogP contribution in [0.5, 0.6) is 0 Å². The zero-order chi connectivity index (χ0) is 15.1. The molecule has 0 spiro atoms. The van der Waals surface area contributed by atoms with E-state index < -0.39 is 5.92 Å². The summed E-state index contributed by atoms with van der Waals surface area (Å²) >= 11 is 0. The van der Waals surface area contributed by atoms with Gasteiger partial charge in [-0.1, -0.05) is 30.3 Å². The molecule has 1 aromatic rings. The van der Waals surface area contributed by atoms with E-state index in [9.17, 15) is 8.78 Å². The molecule has 0 aliphatic carbocycles. The molecule has 1 heterocycles. The Labute approximate surface area is 125 Å². The number of piperazine rings is 1. The van der Waals surface area contributed by atoms with Gasteiger partial charge in [-0.2, -0.15) is 8.78 Å². The topological polar surface area (TPSA) is 32.5 Å². The summed E-state index contributed by atoms with van der Waals surface area (Å²) in [4.78, 5) is 4.21. The van der Waals surface area contributed by atoms with Crippen LogP contribution in [0.4, 0.5) is 8.78 Å². The van der Waals surface area contributed by atoms with Gasteiger partial charge in [0.1, 0.15) is 0 Å². The Balaban J connectivity index is 1.78. The van der Waals surface area contributed by atoms with Crippen molar-refractivity contribution in [2.45, 2.75) is 18.8 Å². The van der Waals surface area contributed by atoms with E-state index in [1.165, 1.54) is 12.1 Å². The first-order chi connectivity index (χ1) is 10.1. The molecule has 0 bridgehead atoms. The standard InChI is InChI=1S/C16H25F2N3/c17-16(18,15-6-2-1-3-7-15)14-21-12-10-20(11-13-21)9-5-4-8-19/h1-3,6-7H,4-5,8-14,19H2. The second-order valence-electron chi connectivity index (χ2n) is 5.68. The van der Waals surface area contributed by atoms with Crippen LogP contribution in [0, 0.1) is 0 Å². The molecule has 1 aromatic carbocycles. The number of nitrogens with two attached hydrogens (primary N) is 1. The van der Waals surface area contributed by atoms with Gasteiger partial charge in [0.05, 0.1) is 6.54 Å². The van der Waals surface area contributed by atoms with Crippen LogP contribution in [0.3, 0.4) is 0 Å². The van der Waals surface area contributed by atoms with Gasteiger partial charge >= 0.3 is 0 Å². The van der Waals surface area contributed by atoms with Crippen LogP contribution in [-0.4, -0.2) is 55.6 Å². The molecule has 1 aliphatic heterocycles. The first kappa shape index (κ1) is 16.3. The summed E-state index contributed by atoms with van der Waals surface area (Å²) in [5.74, 6) is -2.77. The normalized spacial score (nSPS) is 18.0. The predicted molar refractivity (Wildman–Crippen MR) is 81.5 cm³/mol. The molecular weight excluding hydrogens is 272 g/mol. The molecule has 0 saturated carbocycles. The van der Waals surface area contributed by atoms with Crippen LogP contribution in [0.15, 0.2) is 30.3 Å². The zero-order valence-electron chi connectivity index (χ0n) is 12.5. The molecule has 21 heavy (non-hydrogen) atoms. The molecule has 1 fully saturated rings. The first-order valence-corrected chi connectivity index (χ1v) is 7.70. The number of nitrogens with zero attached hydrogens (tertiary/aromatic N) is 2. The van der Waals surface area contributed by atoms with E-state index in [1.807, 2.05) is 4.90 Å². The third kappa shape index (κ3) is 5.02. The van der Waals surface area contributed by atoms with Gasteiger partial charge in [0, 0.05) is 31.7 Å². The third-order valence-electron chi connectivity index (χ3n) is 4.01. The predicted octanol–water partition coefficient (Wildman–Crippen LogP) is 2.13. The van der Waals surface area contributed by atoms with Gasteiger partial charge in [0.15, 0.2) is 0 Å². The summed E-state index contributed by atoms with van der Waals surface area (Å²) < 4.78 is 28.4. The first-order valence-electron chi connectivity index (χ1n) is 7.70. The van der Waals surface area contributed by atoms with Gasteiger partial charge in [-0.05, 0) is 25.9 Å². The summed E-state index contributed by atoms with van der Waals surface area (Å²) in [5.41, 5.74) is 5.59. The number of unbranched alkanes of at least 4 members (excludes halogenated alkanes) is 1. The Hall–Kier alpha value is -1.04. The lowest BCUT2D eigenvalue weighted by Gasteiger charge is -2.36. The minimum atomic E-state index is -2.77. The van der Waals surface area contributed by atoms with Crippen molar-refractivity contribution in [1.82, 2.24) is 9.80 Å². The van der Waals surface area contributed by atoms with Crippen LogP contribution in [-0.2, 0) is 5.92 Å². The van der Waals surface area contributed by atoms with Crippen LogP contribution < -0.4 is 5.73 Å². The molecule has 1 saturated heterocycles. The lowest BCUT2D eigenvalue weighted by molar-refractivity contribution is -0.0472. The quantitative estimate of drug-likeness (QED) is 0.783. The maximum atomic E-state index is 14.2. The van der Waals surface area contributed by atoms with Crippen molar-refractivity contribution in [2.75, 3.05) is 45.8 Å². The van der Waals surface area contributed by atoms with Gasteiger partial charge in [-0.25, -0.2) is 0 Å². The number of benzene rings is 1. The van der Waals surface area contributed by atoms with Crippen molar-refractivity contribution in [2.24, 2.45) is 5.73 Å². The highest BCUT2D eigenvalue weighted by Gasteiger charge is 2.34. The molecule has 3 nitrogen and oxygen atoms in total. The highest BCUT2D eigenvalue weighted by Crippen LogP contribution is 2.29. The number of hydrogen-bond donors (Lipinski definition) is 1. The van der Waals surface area contributed by atoms with Gasteiger partial charge in [-0.3, -0.25) is 4.90 Å². The average Bonchev–Trinajstić information content (AvgIpc) is 2.50. The minimum absolute atomic E-state index is 0.107. The second kappa shape index (κ2) is 7.82. The fraction of sp³-hybridized carbons (Fsp3) is 0.625. The van der Waals surface area contributed by atoms with E-state index >= 15 is 0 Å². The molecule has 1 aliphatic rings. The maximum absolute atomic E-state index is 14.2. The monoisotopic (exact) mass is 297 g/mol. The summed E-state index contributed by atoms with van der Waals surface area (Å²) in [6.07, 6.45) is 2.13. The van der Waals surface area contributed by atoms with Crippen LogP contribution in [0.1, 0.15) is 18.4 Å². The van der Waals surface area contributed by atoms with Crippen molar-refractivity contribution in [3.8, 4) is 0 Å². The van der Waals surface area contributed by atoms with Gasteiger partial charge in [-0.15, -0.1) is 0 Å². The average molecular weight is 297 g/mol. The fourth-order valence-electron chi connectivity index (χ4n) is 2.70. The second-order valence-corrected chi connectivity index (χ2v) is 5.68. The number of hydrogen-bond acceptors (Lipinski definition) is 3. The molecule has 2 rings (SSSR count). The van der Waals surface area contributed by atoms with Gasteiger partial charge in [0.2, 0.25) is 0 Å². The van der Waals surface area contributed by atoms with Crippen molar-refractivity contribution in [3.05, 3.63) is 35.9 Å². The van der Waals surface area contributed by atoms with E-state index in [1.54, 1.807) is 18.2 Å². The van der Waals surface area contributed by atoms with E-state index in [-0.39, 0.29) is 12.1 Å². The van der Waals surface area contributed by atoms with E-state index in [4.69, 9.17) is 5.73 Å². The maximum Gasteiger partial charge on any atom is 0.285 e. The molecule has 5 heteroatoms. The smallest absolute Gasteiger partial charge is 0.285 e. The molecule has 0 aromatic heterocycles. The largest absolute Gasteiger partial charge is 0.330 e. The summed E-state index contributed by atoms with van der Waals surface area (Å²) in [6.45, 7) is 4.73. The number of halogens is 2. The zero-order valence-corrected chi connectivity index (χ0v) is 12.5. The van der Waals surface area contributed by atoms with Crippen LogP contribution >= 0.6 is 0 Å². The Kier molecular flexibility index (Phi) is 6.08. The summed E-state index contributed by atoms with van der Waals surface area (Å²) in [7, 11) is 0. The number of rotatable bonds is 7. The highest BCUT2D eigenvalue weighted by atomic mass is 19.3. The Morgan fingerprint density at radius 1 is 0.952 bits per heavy atom. The summed E-state index contributed by atoms with van der Waals surface area (Å²) in [5, 5.41) is 0. The van der Waals surface area contributed by atoms with Crippen LogP contribution in [0.2, 0.25) is 0 Å². The van der Waals surface area contributed by atoms with Crippen molar-refractivity contribution in [1.29, 1.82) is 0 Å². The Morgan fingerprint density at radius 3 is 2.19 bits per heavy atom. The number of alkyl halides is 2. The lowest BCUT2D eigenvalue weighted by atomic mass is 10.1. The molecule has 118 valence electrons. The van der Waals surface area contributed by atoms with Gasteiger partial charge < -0.3 is 10.6 Å². The van der Waals surface area contributed by atoms with E-state index in [0.717, 1.165) is 39.0 Å². The van der Waals surface area contributed by atoms with Crippen molar-refractivity contribution < 1.29 is 8.78 Å². The summed E-state index contributed by atoms with van der Waals surface area (Å²) in [6, 6.07) is 8.10. The van der Waals surface area contributed by atoms with E-state index in [2.05, 4.69) is 4.90 Å². The third-order valence-corrected chi connectivity index (χ3v) is 4.01. The molecule has 0 unspecified atom stereocenters. The Bertz CT molecular complexity index is 403. The lowest BCUT2D eigenvalue weighted by Crippen LogP contribution is -2.49. The SMILES string of the molecule is NCCCCN1CCN(CC(F)(F)c2ccccc2)CC1. The van der Waals surface area contributed by atoms with E-state index in [0.29, 0.717) is 13.1 Å². The molecular formula is C16H25F2N3. The minimum Gasteiger partial charge on any atom is -0.330 e. The van der Waals surface area contributed by atoms with Crippen molar-refractivity contribution >= 4 is 0 Å². The van der Waals surface area contributed by atoms with Crippen molar-refractivity contribution in [3.63, 3.8) is 0 Å². The molecule has 0 radical (unpaired) electrons. The molecule has 0 amide bonds. The molecule has 0 atom stereocenters. The Morgan fingerprint density at radius 2 is 1.57 bits per heavy atom. The molecule has 2 N–H and O–H groups in total. The van der Waals surface area contributed by atoms with Crippen LogP contribution in [0.25, 0.3) is 0 Å². The fourth-order valence-corrected chi connectivity index (χ4v) is 2.70. The van der Waals surface area contributed by atoms with Gasteiger partial charge in [0.25, 0.3) is 5.92 Å².